The molecule has 0 saturated carbocycles. The van der Waals surface area contributed by atoms with E-state index in [0.29, 0.717) is 24.5 Å². The largest absolute Gasteiger partial charge is 0.390 e. The van der Waals surface area contributed by atoms with Crippen LogP contribution in [0.2, 0.25) is 0 Å². The summed E-state index contributed by atoms with van der Waals surface area (Å²) in [6.07, 6.45) is 0.241. The molecular formula is C13H22N4O4. The van der Waals surface area contributed by atoms with Gasteiger partial charge in [0.05, 0.1) is 24.2 Å². The van der Waals surface area contributed by atoms with Crippen LogP contribution in [0.4, 0.5) is 5.69 Å². The van der Waals surface area contributed by atoms with Crippen LogP contribution in [0.1, 0.15) is 24.7 Å². The zero-order valence-electron chi connectivity index (χ0n) is 12.6. The van der Waals surface area contributed by atoms with E-state index in [1.165, 1.54) is 4.68 Å². The number of rotatable bonds is 6. The Bertz CT molecular complexity index is 522. The van der Waals surface area contributed by atoms with E-state index in [1.54, 1.807) is 13.8 Å². The standard InChI is InChI=1S/C13H22N4O4/c1-9-12(17(19)20)10(2)16(15-9)7-11(18)6-14-13(3)4-5-21-8-13/h11,14,18H,4-8H2,1-3H3. The first-order valence-electron chi connectivity index (χ1n) is 7.01. The summed E-state index contributed by atoms with van der Waals surface area (Å²) < 4.78 is 6.83. The molecule has 1 aliphatic rings. The topological polar surface area (TPSA) is 102 Å². The third kappa shape index (κ3) is 3.58. The lowest BCUT2D eigenvalue weighted by Crippen LogP contribution is -2.47. The number of nitro groups is 1. The Hall–Kier alpha value is -1.51. The van der Waals surface area contributed by atoms with Crippen molar-refractivity contribution in [3.8, 4) is 0 Å². The summed E-state index contributed by atoms with van der Waals surface area (Å²) in [7, 11) is 0. The maximum atomic E-state index is 10.9. The molecule has 1 aromatic rings. The Morgan fingerprint density at radius 1 is 1.62 bits per heavy atom. The van der Waals surface area contributed by atoms with Crippen LogP contribution in [0.3, 0.4) is 0 Å². The molecule has 1 aliphatic heterocycles. The Labute approximate surface area is 123 Å². The van der Waals surface area contributed by atoms with Gasteiger partial charge in [0.1, 0.15) is 11.4 Å². The number of aliphatic hydroxyl groups excluding tert-OH is 1. The zero-order valence-corrected chi connectivity index (χ0v) is 12.6. The zero-order chi connectivity index (χ0) is 15.6. The van der Waals surface area contributed by atoms with Crippen molar-refractivity contribution in [3.63, 3.8) is 0 Å². The van der Waals surface area contributed by atoms with Gasteiger partial charge in [-0.05, 0) is 27.2 Å². The lowest BCUT2D eigenvalue weighted by atomic mass is 10.0. The maximum absolute atomic E-state index is 10.9. The summed E-state index contributed by atoms with van der Waals surface area (Å²) in [5, 5.41) is 28.5. The van der Waals surface area contributed by atoms with E-state index in [1.807, 2.05) is 0 Å². The number of hydrogen-bond acceptors (Lipinski definition) is 6. The van der Waals surface area contributed by atoms with Crippen molar-refractivity contribution in [2.24, 2.45) is 0 Å². The van der Waals surface area contributed by atoms with E-state index in [4.69, 9.17) is 4.74 Å². The smallest absolute Gasteiger partial charge is 0.312 e. The molecule has 8 nitrogen and oxygen atoms in total. The van der Waals surface area contributed by atoms with Gasteiger partial charge in [-0.2, -0.15) is 5.10 Å². The lowest BCUT2D eigenvalue weighted by molar-refractivity contribution is -0.386. The first-order chi connectivity index (χ1) is 9.82. The highest BCUT2D eigenvalue weighted by atomic mass is 16.6. The first-order valence-corrected chi connectivity index (χ1v) is 7.01. The predicted molar refractivity (Wildman–Crippen MR) is 76.2 cm³/mol. The molecule has 1 aromatic heterocycles. The van der Waals surface area contributed by atoms with Crippen molar-refractivity contribution in [1.82, 2.24) is 15.1 Å². The average Bonchev–Trinajstić information content (AvgIpc) is 2.93. The van der Waals surface area contributed by atoms with Crippen LogP contribution in [0.25, 0.3) is 0 Å². The number of hydrogen-bond donors (Lipinski definition) is 2. The van der Waals surface area contributed by atoms with Crippen LogP contribution >= 0.6 is 0 Å². The van der Waals surface area contributed by atoms with Crippen molar-refractivity contribution in [2.75, 3.05) is 19.8 Å². The highest BCUT2D eigenvalue weighted by molar-refractivity contribution is 5.39. The molecule has 2 rings (SSSR count). The van der Waals surface area contributed by atoms with Gasteiger partial charge in [-0.25, -0.2) is 0 Å². The number of aliphatic hydroxyl groups is 1. The van der Waals surface area contributed by atoms with Crippen molar-refractivity contribution < 1.29 is 14.8 Å². The Kier molecular flexibility index (Phi) is 4.60. The minimum atomic E-state index is -0.667. The second kappa shape index (κ2) is 6.08. The van der Waals surface area contributed by atoms with E-state index in [-0.39, 0.29) is 17.8 Å². The summed E-state index contributed by atoms with van der Waals surface area (Å²) >= 11 is 0. The fourth-order valence-corrected chi connectivity index (χ4v) is 2.56. The number of ether oxygens (including phenoxy) is 1. The summed E-state index contributed by atoms with van der Waals surface area (Å²) in [5.74, 6) is 0. The van der Waals surface area contributed by atoms with E-state index >= 15 is 0 Å². The third-order valence-corrected chi connectivity index (χ3v) is 3.89. The van der Waals surface area contributed by atoms with E-state index in [2.05, 4.69) is 17.3 Å². The van der Waals surface area contributed by atoms with Crippen LogP contribution < -0.4 is 5.32 Å². The predicted octanol–water partition coefficient (Wildman–Crippen LogP) is 0.538. The number of nitrogens with one attached hydrogen (secondary N) is 1. The Balaban J connectivity index is 1.95. The van der Waals surface area contributed by atoms with Crippen molar-refractivity contribution in [1.29, 1.82) is 0 Å². The molecule has 0 radical (unpaired) electrons. The molecule has 2 unspecified atom stereocenters. The van der Waals surface area contributed by atoms with Gasteiger partial charge in [-0.1, -0.05) is 0 Å². The number of nitrogens with zero attached hydrogens (tertiary/aromatic N) is 3. The Morgan fingerprint density at radius 3 is 2.86 bits per heavy atom. The van der Waals surface area contributed by atoms with Crippen molar-refractivity contribution in [2.45, 2.75) is 45.4 Å². The molecule has 118 valence electrons. The van der Waals surface area contributed by atoms with Gasteiger partial charge in [0.2, 0.25) is 0 Å². The number of aryl methyl sites for hydroxylation is 1. The first kappa shape index (κ1) is 15.9. The molecule has 0 amide bonds. The number of β-amino-alcohol motifs (C(OH)–C–C–N with tert-alkyl or cyclic N) is 1. The SMILES string of the molecule is Cc1nn(CC(O)CNC2(C)CCOC2)c(C)c1[N+](=O)[O-]. The fraction of sp³-hybridized carbons (Fsp3) is 0.769. The highest BCUT2D eigenvalue weighted by Gasteiger charge is 2.30. The van der Waals surface area contributed by atoms with Crippen molar-refractivity contribution in [3.05, 3.63) is 21.5 Å². The molecule has 0 spiro atoms. The fourth-order valence-electron chi connectivity index (χ4n) is 2.56. The van der Waals surface area contributed by atoms with Crippen LogP contribution in [-0.2, 0) is 11.3 Å². The van der Waals surface area contributed by atoms with E-state index in [0.717, 1.165) is 13.0 Å². The summed E-state index contributed by atoms with van der Waals surface area (Å²) in [4.78, 5) is 10.5. The Morgan fingerprint density at radius 2 is 2.33 bits per heavy atom. The number of aromatic nitrogens is 2. The summed E-state index contributed by atoms with van der Waals surface area (Å²) in [6.45, 7) is 7.28. The summed E-state index contributed by atoms with van der Waals surface area (Å²) in [5.41, 5.74) is 0.745. The average molecular weight is 298 g/mol. The normalized spacial score (nSPS) is 23.4. The molecule has 1 fully saturated rings. The quantitative estimate of drug-likeness (QED) is 0.587. The van der Waals surface area contributed by atoms with Gasteiger partial charge in [0.25, 0.3) is 0 Å². The van der Waals surface area contributed by atoms with Crippen LogP contribution in [0, 0.1) is 24.0 Å². The molecule has 8 heteroatoms. The van der Waals surface area contributed by atoms with Gasteiger partial charge in [0.15, 0.2) is 0 Å². The molecule has 21 heavy (non-hydrogen) atoms. The van der Waals surface area contributed by atoms with Crippen LogP contribution in [-0.4, -0.2) is 51.2 Å². The van der Waals surface area contributed by atoms with E-state index in [9.17, 15) is 15.2 Å². The maximum Gasteiger partial charge on any atom is 0.312 e. The van der Waals surface area contributed by atoms with Gasteiger partial charge in [0, 0.05) is 18.7 Å². The highest BCUT2D eigenvalue weighted by Crippen LogP contribution is 2.22. The molecule has 2 N–H and O–H groups in total. The molecule has 2 atom stereocenters. The molecule has 0 aromatic carbocycles. The van der Waals surface area contributed by atoms with Crippen LogP contribution in [0.5, 0.6) is 0 Å². The monoisotopic (exact) mass is 298 g/mol. The molecule has 0 bridgehead atoms. The van der Waals surface area contributed by atoms with Gasteiger partial charge in [-0.3, -0.25) is 14.8 Å². The molecule has 0 aliphatic carbocycles. The van der Waals surface area contributed by atoms with Gasteiger partial charge < -0.3 is 15.2 Å². The molecule has 1 saturated heterocycles. The van der Waals surface area contributed by atoms with Crippen LogP contribution in [0.15, 0.2) is 0 Å². The minimum absolute atomic E-state index is 0.0197. The molecular weight excluding hydrogens is 276 g/mol. The second-order valence-electron chi connectivity index (χ2n) is 5.86. The lowest BCUT2D eigenvalue weighted by Gasteiger charge is -2.25. The van der Waals surface area contributed by atoms with Crippen molar-refractivity contribution >= 4 is 5.69 Å². The van der Waals surface area contributed by atoms with Gasteiger partial charge in [-0.15, -0.1) is 0 Å². The second-order valence-corrected chi connectivity index (χ2v) is 5.86. The van der Waals surface area contributed by atoms with E-state index < -0.39 is 11.0 Å². The summed E-state index contributed by atoms with van der Waals surface area (Å²) in [6, 6.07) is 0. The molecule has 2 heterocycles. The minimum Gasteiger partial charge on any atom is -0.390 e. The van der Waals surface area contributed by atoms with Gasteiger partial charge >= 0.3 is 5.69 Å². The third-order valence-electron chi connectivity index (χ3n) is 3.89.